The molecule has 0 saturated carbocycles. The number of nitrogens with zero attached hydrogens (tertiary/aromatic N) is 2. The highest BCUT2D eigenvalue weighted by Crippen LogP contribution is 2.20. The molecule has 30 heavy (non-hydrogen) atoms. The summed E-state index contributed by atoms with van der Waals surface area (Å²) in [4.78, 5) is 37.3. The molecule has 0 atom stereocenters. The van der Waals surface area contributed by atoms with Crippen LogP contribution in [0.4, 0.5) is 17.1 Å². The van der Waals surface area contributed by atoms with E-state index in [1.165, 1.54) is 18.2 Å². The number of para-hydroxylation sites is 2. The average Bonchev–Trinajstić information content (AvgIpc) is 2.76. The van der Waals surface area contributed by atoms with Crippen molar-refractivity contribution in [2.75, 3.05) is 16.8 Å². The Morgan fingerprint density at radius 3 is 2.20 bits per heavy atom. The fraction of sp³-hybridized carbons (Fsp3) is 0.130. The molecule has 7 nitrogen and oxygen atoms in total. The zero-order valence-corrected chi connectivity index (χ0v) is 16.4. The highest BCUT2D eigenvalue weighted by Gasteiger charge is 2.19. The lowest BCUT2D eigenvalue weighted by molar-refractivity contribution is -0.385. The van der Waals surface area contributed by atoms with Gasteiger partial charge in [0.25, 0.3) is 11.6 Å². The Kier molecular flexibility index (Phi) is 6.54. The van der Waals surface area contributed by atoms with Crippen LogP contribution >= 0.6 is 0 Å². The minimum absolute atomic E-state index is 0.0109. The van der Waals surface area contributed by atoms with Crippen LogP contribution in [0.3, 0.4) is 0 Å². The van der Waals surface area contributed by atoms with E-state index in [1.807, 2.05) is 37.3 Å². The van der Waals surface area contributed by atoms with E-state index in [1.54, 1.807) is 35.2 Å². The Morgan fingerprint density at radius 2 is 1.57 bits per heavy atom. The van der Waals surface area contributed by atoms with Crippen LogP contribution in [0.25, 0.3) is 0 Å². The van der Waals surface area contributed by atoms with Crippen molar-refractivity contribution >= 4 is 28.9 Å². The predicted octanol–water partition coefficient (Wildman–Crippen LogP) is 4.44. The minimum Gasteiger partial charge on any atom is -0.322 e. The number of carbonyl (C=O) groups excluding carboxylic acids is 2. The summed E-state index contributed by atoms with van der Waals surface area (Å²) in [5.41, 5.74) is 1.88. The molecule has 1 N–H and O–H groups in total. The van der Waals surface area contributed by atoms with Crippen LogP contribution in [0.5, 0.6) is 0 Å². The van der Waals surface area contributed by atoms with Crippen molar-refractivity contribution in [3.63, 3.8) is 0 Å². The summed E-state index contributed by atoms with van der Waals surface area (Å²) in [5, 5.41) is 13.8. The molecule has 0 unspecified atom stereocenters. The SMILES string of the molecule is CCN(C(=O)Cc1ccc(NC(=O)c2ccccc2[N+](=O)[O-])cc1)c1ccccc1. The smallest absolute Gasteiger partial charge is 0.282 e. The van der Waals surface area contributed by atoms with Crippen LogP contribution in [0.1, 0.15) is 22.8 Å². The Bertz CT molecular complexity index is 1050. The Morgan fingerprint density at radius 1 is 0.933 bits per heavy atom. The van der Waals surface area contributed by atoms with Gasteiger partial charge in [-0.05, 0) is 42.8 Å². The molecule has 152 valence electrons. The molecule has 0 saturated heterocycles. The van der Waals surface area contributed by atoms with Gasteiger partial charge in [0.2, 0.25) is 5.91 Å². The Hall–Kier alpha value is -4.00. The Labute approximate surface area is 174 Å². The van der Waals surface area contributed by atoms with Crippen LogP contribution < -0.4 is 10.2 Å². The maximum atomic E-state index is 12.7. The van der Waals surface area contributed by atoms with E-state index >= 15 is 0 Å². The van der Waals surface area contributed by atoms with Crippen LogP contribution in [0.2, 0.25) is 0 Å². The van der Waals surface area contributed by atoms with E-state index in [0.717, 1.165) is 11.3 Å². The fourth-order valence-corrected chi connectivity index (χ4v) is 3.11. The highest BCUT2D eigenvalue weighted by atomic mass is 16.6. The number of nitro groups is 1. The normalized spacial score (nSPS) is 10.3. The lowest BCUT2D eigenvalue weighted by Crippen LogP contribution is -2.31. The van der Waals surface area contributed by atoms with E-state index in [2.05, 4.69) is 5.32 Å². The molecule has 0 radical (unpaired) electrons. The summed E-state index contributed by atoms with van der Waals surface area (Å²) < 4.78 is 0. The zero-order valence-electron chi connectivity index (χ0n) is 16.4. The van der Waals surface area contributed by atoms with E-state index in [0.29, 0.717) is 12.2 Å². The van der Waals surface area contributed by atoms with Gasteiger partial charge in [0.1, 0.15) is 5.56 Å². The molecule has 0 heterocycles. The molecule has 2 amide bonds. The van der Waals surface area contributed by atoms with Crippen molar-refractivity contribution in [1.29, 1.82) is 0 Å². The summed E-state index contributed by atoms with van der Waals surface area (Å²) >= 11 is 0. The van der Waals surface area contributed by atoms with Crippen molar-refractivity contribution in [1.82, 2.24) is 0 Å². The molecule has 0 spiro atoms. The molecule has 0 aliphatic heterocycles. The van der Waals surface area contributed by atoms with Gasteiger partial charge in [-0.3, -0.25) is 19.7 Å². The molecule has 3 rings (SSSR count). The molecule has 3 aromatic carbocycles. The van der Waals surface area contributed by atoms with Crippen LogP contribution in [0, 0.1) is 10.1 Å². The number of likely N-dealkylation sites (N-methyl/N-ethyl adjacent to an activating group) is 1. The number of amides is 2. The number of nitro benzene ring substituents is 1. The minimum atomic E-state index is -0.587. The summed E-state index contributed by atoms with van der Waals surface area (Å²) in [6, 6.07) is 22.1. The van der Waals surface area contributed by atoms with Crippen molar-refractivity contribution in [3.05, 3.63) is 100 Å². The number of hydrogen-bond acceptors (Lipinski definition) is 4. The first-order chi connectivity index (χ1) is 14.5. The summed E-state index contributed by atoms with van der Waals surface area (Å²) in [6.45, 7) is 2.49. The van der Waals surface area contributed by atoms with Gasteiger partial charge in [-0.2, -0.15) is 0 Å². The van der Waals surface area contributed by atoms with Crippen molar-refractivity contribution in [2.45, 2.75) is 13.3 Å². The monoisotopic (exact) mass is 403 g/mol. The van der Waals surface area contributed by atoms with Gasteiger partial charge in [-0.25, -0.2) is 0 Å². The molecule has 0 aliphatic carbocycles. The number of hydrogen-bond donors (Lipinski definition) is 1. The molecule has 0 bridgehead atoms. The number of carbonyl (C=O) groups is 2. The largest absolute Gasteiger partial charge is 0.322 e. The molecular formula is C23H21N3O4. The zero-order chi connectivity index (χ0) is 21.5. The molecule has 0 aliphatic rings. The molecule has 0 fully saturated rings. The average molecular weight is 403 g/mol. The first kappa shape index (κ1) is 20.7. The second-order valence-electron chi connectivity index (χ2n) is 6.58. The topological polar surface area (TPSA) is 92.6 Å². The van der Waals surface area contributed by atoms with E-state index in [-0.39, 0.29) is 23.6 Å². The fourth-order valence-electron chi connectivity index (χ4n) is 3.11. The van der Waals surface area contributed by atoms with Crippen molar-refractivity contribution < 1.29 is 14.5 Å². The van der Waals surface area contributed by atoms with E-state index < -0.39 is 10.8 Å². The van der Waals surface area contributed by atoms with Gasteiger partial charge in [0.15, 0.2) is 0 Å². The quantitative estimate of drug-likeness (QED) is 0.466. The second kappa shape index (κ2) is 9.47. The maximum Gasteiger partial charge on any atom is 0.282 e. The lowest BCUT2D eigenvalue weighted by Gasteiger charge is -2.21. The maximum absolute atomic E-state index is 12.7. The summed E-state index contributed by atoms with van der Waals surface area (Å²) in [6.07, 6.45) is 0.223. The number of benzene rings is 3. The first-order valence-corrected chi connectivity index (χ1v) is 9.48. The summed E-state index contributed by atoms with van der Waals surface area (Å²) in [5.74, 6) is -0.590. The van der Waals surface area contributed by atoms with Gasteiger partial charge < -0.3 is 10.2 Å². The second-order valence-corrected chi connectivity index (χ2v) is 6.58. The third kappa shape index (κ3) is 4.88. The number of anilines is 2. The summed E-state index contributed by atoms with van der Waals surface area (Å²) in [7, 11) is 0. The first-order valence-electron chi connectivity index (χ1n) is 9.48. The van der Waals surface area contributed by atoms with Crippen LogP contribution in [-0.4, -0.2) is 23.3 Å². The number of nitrogens with one attached hydrogen (secondary N) is 1. The van der Waals surface area contributed by atoms with Crippen molar-refractivity contribution in [2.24, 2.45) is 0 Å². The molecule has 3 aromatic rings. The lowest BCUT2D eigenvalue weighted by atomic mass is 10.1. The van der Waals surface area contributed by atoms with Crippen LogP contribution in [-0.2, 0) is 11.2 Å². The highest BCUT2D eigenvalue weighted by molar-refractivity contribution is 6.07. The molecule has 7 heteroatoms. The third-order valence-corrected chi connectivity index (χ3v) is 4.60. The van der Waals surface area contributed by atoms with Gasteiger partial charge in [-0.1, -0.05) is 42.5 Å². The van der Waals surface area contributed by atoms with Crippen molar-refractivity contribution in [3.8, 4) is 0 Å². The van der Waals surface area contributed by atoms with Gasteiger partial charge >= 0.3 is 0 Å². The number of rotatable bonds is 7. The van der Waals surface area contributed by atoms with Gasteiger partial charge in [-0.15, -0.1) is 0 Å². The standard InChI is InChI=1S/C23H21N3O4/c1-2-25(19-8-4-3-5-9-19)22(27)16-17-12-14-18(15-13-17)24-23(28)20-10-6-7-11-21(20)26(29)30/h3-15H,2,16H2,1H3,(H,24,28). The molecular weight excluding hydrogens is 382 g/mol. The predicted molar refractivity (Wildman–Crippen MR) is 116 cm³/mol. The molecule has 0 aromatic heterocycles. The Balaban J connectivity index is 1.67. The van der Waals surface area contributed by atoms with Gasteiger partial charge in [0.05, 0.1) is 11.3 Å². The van der Waals surface area contributed by atoms with E-state index in [9.17, 15) is 19.7 Å². The van der Waals surface area contributed by atoms with E-state index in [4.69, 9.17) is 0 Å². The third-order valence-electron chi connectivity index (χ3n) is 4.60. The van der Waals surface area contributed by atoms with Crippen LogP contribution in [0.15, 0.2) is 78.9 Å². The van der Waals surface area contributed by atoms with Gasteiger partial charge in [0, 0.05) is 24.0 Å².